The summed E-state index contributed by atoms with van der Waals surface area (Å²) in [6, 6.07) is 0. The monoisotopic (exact) mass is 180 g/mol. The molecule has 0 heteroatoms. The highest BCUT2D eigenvalue weighted by molar-refractivity contribution is 4.84. The Hall–Kier alpha value is 0. The zero-order chi connectivity index (χ0) is 9.26. The Labute approximate surface area is 83.1 Å². The topological polar surface area (TPSA) is 0 Å². The summed E-state index contributed by atoms with van der Waals surface area (Å²) in [6.07, 6.45) is 10.7. The van der Waals surface area contributed by atoms with E-state index in [1.807, 2.05) is 0 Å². The molecule has 0 heterocycles. The van der Waals surface area contributed by atoms with E-state index in [1.165, 1.54) is 19.3 Å². The summed E-state index contributed by atoms with van der Waals surface area (Å²) in [6.45, 7) is 4.82. The molecule has 0 radical (unpaired) electrons. The largest absolute Gasteiger partial charge is 0.0651 e. The van der Waals surface area contributed by atoms with E-state index in [-0.39, 0.29) is 0 Å². The van der Waals surface area contributed by atoms with Crippen molar-refractivity contribution in [3.8, 4) is 0 Å². The minimum atomic E-state index is 1.03. The minimum absolute atomic E-state index is 1.03. The maximum Gasteiger partial charge on any atom is -0.0383 e. The van der Waals surface area contributed by atoms with Crippen molar-refractivity contribution in [2.75, 3.05) is 0 Å². The van der Waals surface area contributed by atoms with Crippen molar-refractivity contribution in [1.29, 1.82) is 0 Å². The lowest BCUT2D eigenvalue weighted by Crippen LogP contribution is -2.30. The van der Waals surface area contributed by atoms with Crippen molar-refractivity contribution >= 4 is 0 Å². The van der Waals surface area contributed by atoms with Gasteiger partial charge in [-0.3, -0.25) is 0 Å². The number of hydrogen-bond donors (Lipinski definition) is 0. The molecule has 2 rings (SSSR count). The highest BCUT2D eigenvalue weighted by Crippen LogP contribution is 2.45. The van der Waals surface area contributed by atoms with Crippen LogP contribution in [0.4, 0.5) is 0 Å². The van der Waals surface area contributed by atoms with Gasteiger partial charge in [0, 0.05) is 0 Å². The van der Waals surface area contributed by atoms with Gasteiger partial charge >= 0.3 is 0 Å². The lowest BCUT2D eigenvalue weighted by Gasteiger charge is -2.41. The maximum absolute atomic E-state index is 2.45. The Bertz CT molecular complexity index is 161. The Morgan fingerprint density at radius 3 is 2.38 bits per heavy atom. The van der Waals surface area contributed by atoms with E-state index in [0.717, 1.165) is 23.7 Å². The lowest BCUT2D eigenvalue weighted by molar-refractivity contribution is 0.102. The normalized spacial score (nSPS) is 45.7. The third-order valence-corrected chi connectivity index (χ3v) is 4.56. The summed E-state index contributed by atoms with van der Waals surface area (Å²) < 4.78 is 0. The average Bonchev–Trinajstić information content (AvgIpc) is 2.17. The van der Waals surface area contributed by atoms with Crippen LogP contribution in [0, 0.1) is 23.7 Å². The van der Waals surface area contributed by atoms with E-state index in [0.29, 0.717) is 0 Å². The molecule has 2 saturated carbocycles. The second-order valence-corrected chi connectivity index (χ2v) is 5.53. The zero-order valence-corrected chi connectivity index (χ0v) is 9.26. The summed E-state index contributed by atoms with van der Waals surface area (Å²) in [5.41, 5.74) is 0. The first-order valence-electron chi connectivity index (χ1n) is 6.29. The molecule has 2 fully saturated rings. The number of fused-ring (bicyclic) bond motifs is 1. The molecule has 0 bridgehead atoms. The molecule has 0 aromatic heterocycles. The summed E-state index contributed by atoms with van der Waals surface area (Å²) in [5.74, 6) is 4.34. The third-order valence-electron chi connectivity index (χ3n) is 4.56. The lowest BCUT2D eigenvalue weighted by atomic mass is 9.65. The summed E-state index contributed by atoms with van der Waals surface area (Å²) in [7, 11) is 0. The van der Waals surface area contributed by atoms with Gasteiger partial charge in [0.15, 0.2) is 0 Å². The van der Waals surface area contributed by atoms with Crippen molar-refractivity contribution in [3.05, 3.63) is 0 Å². The van der Waals surface area contributed by atoms with Crippen molar-refractivity contribution in [3.63, 3.8) is 0 Å². The summed E-state index contributed by atoms with van der Waals surface area (Å²) in [4.78, 5) is 0. The van der Waals surface area contributed by atoms with E-state index in [2.05, 4.69) is 13.8 Å². The zero-order valence-electron chi connectivity index (χ0n) is 9.26. The van der Waals surface area contributed by atoms with Crippen LogP contribution in [0.25, 0.3) is 0 Å². The van der Waals surface area contributed by atoms with Crippen molar-refractivity contribution in [1.82, 2.24) is 0 Å². The molecule has 76 valence electrons. The fourth-order valence-electron chi connectivity index (χ4n) is 3.59. The van der Waals surface area contributed by atoms with Crippen molar-refractivity contribution in [2.24, 2.45) is 23.7 Å². The van der Waals surface area contributed by atoms with Gasteiger partial charge in [-0.2, -0.15) is 0 Å². The second kappa shape index (κ2) is 4.02. The molecule has 4 unspecified atom stereocenters. The highest BCUT2D eigenvalue weighted by Gasteiger charge is 2.33. The molecule has 0 aromatic carbocycles. The van der Waals surface area contributed by atoms with E-state index in [1.54, 1.807) is 25.7 Å². The number of hydrogen-bond acceptors (Lipinski definition) is 0. The summed E-state index contributed by atoms with van der Waals surface area (Å²) in [5, 5.41) is 0. The molecule has 13 heavy (non-hydrogen) atoms. The standard InChI is InChI=1S/C13H24/c1-3-11-5-7-12-8-10(2)4-6-13(12)9-11/h10-13H,3-9H2,1-2H3. The molecule has 0 aliphatic heterocycles. The molecule has 2 aliphatic carbocycles. The van der Waals surface area contributed by atoms with Crippen LogP contribution in [0.1, 0.15) is 58.8 Å². The molecule has 0 aromatic rings. The van der Waals surface area contributed by atoms with E-state index >= 15 is 0 Å². The van der Waals surface area contributed by atoms with Crippen LogP contribution in [0.2, 0.25) is 0 Å². The predicted molar refractivity (Wildman–Crippen MR) is 57.6 cm³/mol. The Morgan fingerprint density at radius 1 is 0.923 bits per heavy atom. The van der Waals surface area contributed by atoms with Crippen molar-refractivity contribution in [2.45, 2.75) is 58.8 Å². The van der Waals surface area contributed by atoms with E-state index < -0.39 is 0 Å². The fourth-order valence-corrected chi connectivity index (χ4v) is 3.59. The van der Waals surface area contributed by atoms with Gasteiger partial charge in [-0.15, -0.1) is 0 Å². The van der Waals surface area contributed by atoms with Crippen LogP contribution < -0.4 is 0 Å². The van der Waals surface area contributed by atoms with Crippen molar-refractivity contribution < 1.29 is 0 Å². The Morgan fingerprint density at radius 2 is 1.62 bits per heavy atom. The van der Waals surface area contributed by atoms with Gasteiger partial charge in [0.25, 0.3) is 0 Å². The first kappa shape index (κ1) is 9.55. The molecule has 0 N–H and O–H groups in total. The molecule has 0 amide bonds. The molecular formula is C13H24. The molecule has 2 aliphatic rings. The SMILES string of the molecule is CCC1CCC2CC(C)CCC2C1. The smallest absolute Gasteiger partial charge is 0.0383 e. The molecule has 0 saturated heterocycles. The number of rotatable bonds is 1. The first-order chi connectivity index (χ1) is 6.29. The maximum atomic E-state index is 2.45. The summed E-state index contributed by atoms with van der Waals surface area (Å²) >= 11 is 0. The third kappa shape index (κ3) is 2.08. The second-order valence-electron chi connectivity index (χ2n) is 5.53. The fraction of sp³-hybridized carbons (Fsp3) is 1.00. The van der Waals surface area contributed by atoms with Crippen LogP contribution in [0.15, 0.2) is 0 Å². The van der Waals surface area contributed by atoms with Gasteiger partial charge in [-0.1, -0.05) is 33.1 Å². The highest BCUT2D eigenvalue weighted by atomic mass is 14.4. The van der Waals surface area contributed by atoms with Crippen LogP contribution >= 0.6 is 0 Å². The van der Waals surface area contributed by atoms with Gasteiger partial charge in [0.1, 0.15) is 0 Å². The van der Waals surface area contributed by atoms with Gasteiger partial charge in [0.2, 0.25) is 0 Å². The van der Waals surface area contributed by atoms with Crippen LogP contribution in [0.5, 0.6) is 0 Å². The van der Waals surface area contributed by atoms with Crippen LogP contribution in [-0.4, -0.2) is 0 Å². The van der Waals surface area contributed by atoms with E-state index in [9.17, 15) is 0 Å². The minimum Gasteiger partial charge on any atom is -0.0651 e. The molecular weight excluding hydrogens is 156 g/mol. The van der Waals surface area contributed by atoms with E-state index in [4.69, 9.17) is 0 Å². The molecule has 0 spiro atoms. The van der Waals surface area contributed by atoms with Gasteiger partial charge in [-0.25, -0.2) is 0 Å². The Kier molecular flexibility index (Phi) is 2.96. The predicted octanol–water partition coefficient (Wildman–Crippen LogP) is 4.25. The van der Waals surface area contributed by atoms with Crippen LogP contribution in [-0.2, 0) is 0 Å². The Balaban J connectivity index is 1.90. The van der Waals surface area contributed by atoms with Gasteiger partial charge < -0.3 is 0 Å². The average molecular weight is 180 g/mol. The van der Waals surface area contributed by atoms with Gasteiger partial charge in [-0.05, 0) is 49.4 Å². The molecule has 4 atom stereocenters. The molecule has 0 nitrogen and oxygen atoms in total. The van der Waals surface area contributed by atoms with Gasteiger partial charge in [0.05, 0.1) is 0 Å². The van der Waals surface area contributed by atoms with Crippen LogP contribution in [0.3, 0.4) is 0 Å². The quantitative estimate of drug-likeness (QED) is 0.566. The first-order valence-corrected chi connectivity index (χ1v) is 6.29.